The molecule has 0 amide bonds. The van der Waals surface area contributed by atoms with Crippen molar-refractivity contribution in [1.29, 1.82) is 0 Å². The Morgan fingerprint density at radius 2 is 2.00 bits per heavy atom. The molecule has 1 fully saturated rings. The molecule has 118 valence electrons. The molecule has 0 aromatic heterocycles. The first-order chi connectivity index (χ1) is 9.88. The molecule has 1 aliphatic rings. The highest BCUT2D eigenvalue weighted by atomic mass is 35.5. The summed E-state index contributed by atoms with van der Waals surface area (Å²) in [5.74, 6) is 0. The van der Waals surface area contributed by atoms with Crippen LogP contribution in [-0.4, -0.2) is 26.0 Å². The Hall–Kier alpha value is -0.430. The highest BCUT2D eigenvalue weighted by molar-refractivity contribution is 8.00. The Balaban J connectivity index is 2.11. The lowest BCUT2D eigenvalue weighted by Gasteiger charge is -2.35. The van der Waals surface area contributed by atoms with Crippen LogP contribution in [0.5, 0.6) is 0 Å². The number of nitrogen functional groups attached to an aromatic ring is 1. The number of anilines is 1. The van der Waals surface area contributed by atoms with Gasteiger partial charge in [0.15, 0.2) is 0 Å². The van der Waals surface area contributed by atoms with Crippen LogP contribution in [-0.2, 0) is 10.0 Å². The number of halogens is 1. The van der Waals surface area contributed by atoms with Gasteiger partial charge in [-0.15, -0.1) is 0 Å². The van der Waals surface area contributed by atoms with Crippen LogP contribution in [0.2, 0.25) is 5.02 Å². The lowest BCUT2D eigenvalue weighted by molar-refractivity contribution is 0.395. The minimum atomic E-state index is -3.55. The van der Waals surface area contributed by atoms with E-state index in [9.17, 15) is 8.42 Å². The van der Waals surface area contributed by atoms with Gasteiger partial charge < -0.3 is 5.73 Å². The van der Waals surface area contributed by atoms with Gasteiger partial charge in [0.2, 0.25) is 10.0 Å². The number of hydrogen-bond acceptors (Lipinski definition) is 4. The smallest absolute Gasteiger partial charge is 0.240 e. The predicted molar refractivity (Wildman–Crippen MR) is 90.4 cm³/mol. The van der Waals surface area contributed by atoms with Gasteiger partial charge in [0.1, 0.15) is 0 Å². The Kier molecular flexibility index (Phi) is 5.46. The molecule has 0 saturated heterocycles. The van der Waals surface area contributed by atoms with E-state index >= 15 is 0 Å². The van der Waals surface area contributed by atoms with Crippen molar-refractivity contribution in [3.8, 4) is 0 Å². The zero-order valence-electron chi connectivity index (χ0n) is 12.1. The first kappa shape index (κ1) is 16.9. The van der Waals surface area contributed by atoms with Crippen molar-refractivity contribution >= 4 is 39.1 Å². The first-order valence-corrected chi connectivity index (χ1v) is 10.1. The third-order valence-corrected chi connectivity index (χ3v) is 7.21. The molecule has 0 aliphatic heterocycles. The van der Waals surface area contributed by atoms with Crippen LogP contribution >= 0.6 is 23.4 Å². The van der Waals surface area contributed by atoms with Crippen LogP contribution in [0, 0.1) is 0 Å². The molecule has 1 aromatic carbocycles. The monoisotopic (exact) mass is 348 g/mol. The summed E-state index contributed by atoms with van der Waals surface area (Å²) in [5.41, 5.74) is 5.99. The van der Waals surface area contributed by atoms with Crippen molar-refractivity contribution in [2.75, 3.05) is 18.5 Å². The highest BCUT2D eigenvalue weighted by Gasteiger charge is 2.32. The van der Waals surface area contributed by atoms with Crippen LogP contribution in [0.4, 0.5) is 5.69 Å². The summed E-state index contributed by atoms with van der Waals surface area (Å²) in [6, 6.07) is 4.39. The first-order valence-electron chi connectivity index (χ1n) is 6.98. The molecule has 2 rings (SSSR count). The van der Waals surface area contributed by atoms with Crippen LogP contribution in [0.3, 0.4) is 0 Å². The maximum Gasteiger partial charge on any atom is 0.240 e. The Bertz CT molecular complexity index is 599. The standard InChI is InChI=1S/C14H21ClN2O2S2/c1-20-14(7-3-2-4-8-14)10-17-21(18,19)11-5-6-13(16)12(15)9-11/h5-6,9,17H,2-4,7-8,10,16H2,1H3. The summed E-state index contributed by atoms with van der Waals surface area (Å²) < 4.78 is 27.5. The van der Waals surface area contributed by atoms with Gasteiger partial charge in [0.25, 0.3) is 0 Å². The SMILES string of the molecule is CSC1(CNS(=O)(=O)c2ccc(N)c(Cl)c2)CCCCC1. The third-order valence-electron chi connectivity index (χ3n) is 4.06. The van der Waals surface area contributed by atoms with Crippen molar-refractivity contribution in [2.45, 2.75) is 41.7 Å². The summed E-state index contributed by atoms with van der Waals surface area (Å²) in [6.07, 6.45) is 7.73. The lowest BCUT2D eigenvalue weighted by Crippen LogP contribution is -2.41. The molecule has 0 atom stereocenters. The van der Waals surface area contributed by atoms with Crippen LogP contribution in [0.1, 0.15) is 32.1 Å². The topological polar surface area (TPSA) is 72.2 Å². The van der Waals surface area contributed by atoms with Gasteiger partial charge >= 0.3 is 0 Å². The lowest BCUT2D eigenvalue weighted by atomic mass is 9.88. The maximum atomic E-state index is 12.4. The summed E-state index contributed by atoms with van der Waals surface area (Å²) in [5, 5.41) is 0.259. The van der Waals surface area contributed by atoms with E-state index in [1.54, 1.807) is 11.8 Å². The molecule has 4 nitrogen and oxygen atoms in total. The van der Waals surface area contributed by atoms with Gasteiger partial charge in [0, 0.05) is 11.3 Å². The van der Waals surface area contributed by atoms with E-state index in [0.29, 0.717) is 12.2 Å². The Morgan fingerprint density at radius 3 is 2.57 bits per heavy atom. The van der Waals surface area contributed by atoms with Crippen molar-refractivity contribution in [1.82, 2.24) is 4.72 Å². The summed E-state index contributed by atoms with van der Waals surface area (Å²) >= 11 is 7.66. The molecule has 7 heteroatoms. The minimum Gasteiger partial charge on any atom is -0.398 e. The maximum absolute atomic E-state index is 12.4. The number of sulfonamides is 1. The van der Waals surface area contributed by atoms with E-state index in [1.165, 1.54) is 24.6 Å². The molecule has 3 N–H and O–H groups in total. The molecule has 1 saturated carbocycles. The summed E-state index contributed by atoms with van der Waals surface area (Å²) in [4.78, 5) is 0.161. The van der Waals surface area contributed by atoms with Crippen molar-refractivity contribution in [3.05, 3.63) is 23.2 Å². The molecule has 0 bridgehead atoms. The van der Waals surface area contributed by atoms with E-state index < -0.39 is 10.0 Å². The van der Waals surface area contributed by atoms with Gasteiger partial charge in [-0.2, -0.15) is 11.8 Å². The summed E-state index contributed by atoms with van der Waals surface area (Å²) in [7, 11) is -3.55. The molecule has 0 spiro atoms. The van der Waals surface area contributed by atoms with Crippen molar-refractivity contribution < 1.29 is 8.42 Å². The van der Waals surface area contributed by atoms with Gasteiger partial charge in [-0.05, 0) is 37.3 Å². The predicted octanol–water partition coefficient (Wildman–Crippen LogP) is 3.27. The second-order valence-corrected chi connectivity index (χ2v) is 8.90. The molecular formula is C14H21ClN2O2S2. The van der Waals surface area contributed by atoms with Crippen LogP contribution < -0.4 is 10.5 Å². The number of thioether (sulfide) groups is 1. The molecule has 1 aliphatic carbocycles. The molecule has 21 heavy (non-hydrogen) atoms. The van der Waals surface area contributed by atoms with E-state index in [4.69, 9.17) is 17.3 Å². The fourth-order valence-corrected chi connectivity index (χ4v) is 5.04. The zero-order chi connectivity index (χ0) is 15.5. The molecule has 0 heterocycles. The largest absolute Gasteiger partial charge is 0.398 e. The second-order valence-electron chi connectivity index (χ2n) is 5.46. The second kappa shape index (κ2) is 6.77. The fraction of sp³-hybridized carbons (Fsp3) is 0.571. The van der Waals surface area contributed by atoms with Gasteiger partial charge in [0.05, 0.1) is 15.6 Å². The van der Waals surface area contributed by atoms with E-state index in [-0.39, 0.29) is 14.7 Å². The minimum absolute atomic E-state index is 0.0168. The molecular weight excluding hydrogens is 328 g/mol. The van der Waals surface area contributed by atoms with E-state index in [2.05, 4.69) is 11.0 Å². The van der Waals surface area contributed by atoms with Crippen LogP contribution in [0.25, 0.3) is 0 Å². The van der Waals surface area contributed by atoms with Gasteiger partial charge in [-0.25, -0.2) is 13.1 Å². The average Bonchev–Trinajstić information content (AvgIpc) is 2.49. The number of nitrogens with two attached hydrogens (primary N) is 1. The van der Waals surface area contributed by atoms with E-state index in [1.807, 2.05) is 0 Å². The third kappa shape index (κ3) is 4.06. The van der Waals surface area contributed by atoms with Gasteiger partial charge in [-0.3, -0.25) is 0 Å². The van der Waals surface area contributed by atoms with E-state index in [0.717, 1.165) is 25.7 Å². The fourth-order valence-electron chi connectivity index (χ4n) is 2.63. The zero-order valence-corrected chi connectivity index (χ0v) is 14.5. The highest BCUT2D eigenvalue weighted by Crippen LogP contribution is 2.38. The van der Waals surface area contributed by atoms with Crippen molar-refractivity contribution in [2.24, 2.45) is 0 Å². The molecule has 0 unspecified atom stereocenters. The molecule has 1 aromatic rings. The van der Waals surface area contributed by atoms with Gasteiger partial charge in [-0.1, -0.05) is 30.9 Å². The quantitative estimate of drug-likeness (QED) is 0.801. The summed E-state index contributed by atoms with van der Waals surface area (Å²) in [6.45, 7) is 0.457. The number of rotatable bonds is 5. The number of hydrogen-bond donors (Lipinski definition) is 2. The van der Waals surface area contributed by atoms with Crippen LogP contribution in [0.15, 0.2) is 23.1 Å². The Morgan fingerprint density at radius 1 is 1.33 bits per heavy atom. The van der Waals surface area contributed by atoms with Crippen molar-refractivity contribution in [3.63, 3.8) is 0 Å². The average molecular weight is 349 g/mol. The molecule has 0 radical (unpaired) electrons. The Labute approximate surface area is 135 Å². The normalized spacial score (nSPS) is 18.6. The number of benzene rings is 1. The number of nitrogens with one attached hydrogen (secondary N) is 1.